The van der Waals surface area contributed by atoms with Crippen LogP contribution >= 0.6 is 31.9 Å². The van der Waals surface area contributed by atoms with Crippen LogP contribution in [0.1, 0.15) is 50.1 Å². The van der Waals surface area contributed by atoms with Crippen molar-refractivity contribution in [3.63, 3.8) is 0 Å². The number of hydrogen-bond donors (Lipinski definition) is 2. The molecule has 0 fully saturated rings. The van der Waals surface area contributed by atoms with Crippen LogP contribution in [-0.4, -0.2) is 88.4 Å². The Balaban J connectivity index is 0.000000895. The van der Waals surface area contributed by atoms with E-state index in [2.05, 4.69) is 47.9 Å². The minimum Gasteiger partial charge on any atom is -0.459 e. The number of alkyl halides is 14. The van der Waals surface area contributed by atoms with E-state index in [9.17, 15) is 62.3 Å². The third-order valence-electron chi connectivity index (χ3n) is 6.93. The summed E-state index contributed by atoms with van der Waals surface area (Å²) in [5, 5.41) is 16.3. The number of aliphatic hydroxyl groups excluding tert-OH is 2. The van der Waals surface area contributed by atoms with Gasteiger partial charge in [0, 0.05) is 4.83 Å². The van der Waals surface area contributed by atoms with Crippen LogP contribution in [0.3, 0.4) is 0 Å². The van der Waals surface area contributed by atoms with E-state index in [1.165, 1.54) is 33.3 Å². The molecule has 0 aliphatic heterocycles. The molecule has 2 rings (SSSR count). The third-order valence-corrected chi connectivity index (χ3v) is 8.10. The Morgan fingerprint density at radius 3 is 1.33 bits per heavy atom. The van der Waals surface area contributed by atoms with Gasteiger partial charge in [0.15, 0.2) is 13.2 Å². The van der Waals surface area contributed by atoms with Crippen molar-refractivity contribution >= 4 is 49.9 Å². The average molecular weight is 930 g/mol. The van der Waals surface area contributed by atoms with Gasteiger partial charge in [0.2, 0.25) is 0 Å². The fourth-order valence-electron chi connectivity index (χ4n) is 3.49. The first-order valence-corrected chi connectivity index (χ1v) is 16.9. The van der Waals surface area contributed by atoms with Crippen LogP contribution in [0.15, 0.2) is 67.2 Å². The minimum atomic E-state index is -5.89. The van der Waals surface area contributed by atoms with Crippen molar-refractivity contribution in [2.24, 2.45) is 5.41 Å². The first-order chi connectivity index (χ1) is 24.3. The summed E-state index contributed by atoms with van der Waals surface area (Å²) in [6.07, 6.45) is 1.91. The maximum Gasteiger partial charge on any atom is 0.377 e. The van der Waals surface area contributed by atoms with Gasteiger partial charge in [-0.1, -0.05) is 105 Å². The van der Waals surface area contributed by atoms with E-state index in [0.717, 1.165) is 5.56 Å². The van der Waals surface area contributed by atoms with Gasteiger partial charge >= 0.3 is 47.5 Å². The molecule has 0 aliphatic carbocycles. The quantitative estimate of drug-likeness (QED) is 0.0990. The van der Waals surface area contributed by atoms with Gasteiger partial charge in [0.1, 0.15) is 17.5 Å². The first kappa shape index (κ1) is 51.2. The Morgan fingerprint density at radius 1 is 0.667 bits per heavy atom. The van der Waals surface area contributed by atoms with Crippen molar-refractivity contribution in [2.45, 2.75) is 78.8 Å². The van der Waals surface area contributed by atoms with Gasteiger partial charge in [-0.05, 0) is 45.2 Å². The van der Waals surface area contributed by atoms with Crippen molar-refractivity contribution in [1.29, 1.82) is 0 Å². The zero-order valence-electron chi connectivity index (χ0n) is 29.0. The summed E-state index contributed by atoms with van der Waals surface area (Å²) in [5.74, 6) is -35.7. The topological polar surface area (TPSA) is 93.1 Å². The highest BCUT2D eigenvalue weighted by Crippen LogP contribution is 2.47. The van der Waals surface area contributed by atoms with Gasteiger partial charge in [0.25, 0.3) is 0 Å². The lowest BCUT2D eigenvalue weighted by molar-refractivity contribution is -0.324. The predicted molar refractivity (Wildman–Crippen MR) is 182 cm³/mol. The van der Waals surface area contributed by atoms with Gasteiger partial charge in [0.05, 0.1) is 5.41 Å². The van der Waals surface area contributed by atoms with Crippen LogP contribution < -0.4 is 0 Å². The van der Waals surface area contributed by atoms with Gasteiger partial charge in [-0.2, -0.15) is 52.7 Å². The number of benzene rings is 2. The number of ether oxygens (including phenoxy) is 2. The monoisotopic (exact) mass is 928 g/mol. The van der Waals surface area contributed by atoms with Crippen LogP contribution in [-0.2, 0) is 19.1 Å². The summed E-state index contributed by atoms with van der Waals surface area (Å²) < 4.78 is 163. The lowest BCUT2D eigenvalue weighted by Crippen LogP contribution is -2.58. The lowest BCUT2D eigenvalue weighted by atomic mass is 9.86. The van der Waals surface area contributed by atoms with Crippen molar-refractivity contribution < 1.29 is 82.0 Å². The number of aliphatic hydroxyl groups is 2. The molecule has 0 heterocycles. The fraction of sp³-hybridized carbons (Fsp3) is 0.529. The summed E-state index contributed by atoms with van der Waals surface area (Å²) in [4.78, 5) is 22.8. The molecule has 0 aliphatic rings. The molecule has 0 spiro atoms. The molecule has 0 aromatic heterocycles. The molecule has 0 saturated heterocycles. The lowest BCUT2D eigenvalue weighted by Gasteiger charge is -2.32. The summed E-state index contributed by atoms with van der Waals surface area (Å²) in [7, 11) is 0. The smallest absolute Gasteiger partial charge is 0.377 e. The van der Waals surface area contributed by atoms with Gasteiger partial charge in [-0.15, -0.1) is 0 Å². The molecule has 1 unspecified atom stereocenters. The van der Waals surface area contributed by atoms with E-state index >= 15 is 0 Å². The SMILES string of the molecule is C=Cc1ccccc1.CC(C)(Br)C(=O)OCC(F)(F)C(F)(F)C(F)(F)CO.CC(C)(CC(Br)c1ccccc1)C(=O)OCC(F)(F)C(F)(F)C(F)(F)CO. The summed E-state index contributed by atoms with van der Waals surface area (Å²) in [5.41, 5.74) is 0.597. The number of rotatable bonds is 16. The fourth-order valence-corrected chi connectivity index (χ4v) is 4.72. The van der Waals surface area contributed by atoms with Crippen LogP contribution in [0.5, 0.6) is 0 Å². The second-order valence-corrected chi connectivity index (χ2v) is 15.6. The summed E-state index contributed by atoms with van der Waals surface area (Å²) >= 11 is 6.07. The van der Waals surface area contributed by atoms with E-state index in [1.54, 1.807) is 30.3 Å². The Labute approximate surface area is 320 Å². The standard InChI is InChI=1S/C17H19BrF6O3.C9H11BrF6O3.C8H8/c1-14(2,8-12(18)11-6-4-3-5-7-11)13(26)27-10-16(21,22)17(23,24)15(19,20)9-25;1-6(2,10)5(18)19-4-8(13,14)9(15,16)7(11,12)3-17;1-2-8-6-4-3-5-7-8/h3-7,12,25H,8-10H2,1-2H3;17H,3-4H2,1-2H3;2-7H,1H2. The normalized spacial score (nSPS) is 13.7. The number of hydrogen-bond acceptors (Lipinski definition) is 6. The number of carbonyl (C=O) groups excluding carboxylic acids is 2. The molecule has 0 amide bonds. The van der Waals surface area contributed by atoms with Crippen molar-refractivity contribution in [1.82, 2.24) is 0 Å². The molecule has 0 bridgehead atoms. The Morgan fingerprint density at radius 2 is 1.02 bits per heavy atom. The maximum absolute atomic E-state index is 13.5. The Hall–Kier alpha value is -2.84. The van der Waals surface area contributed by atoms with E-state index in [1.807, 2.05) is 36.4 Å². The van der Waals surface area contributed by atoms with Crippen LogP contribution in [0.4, 0.5) is 52.7 Å². The number of carbonyl (C=O) groups is 2. The van der Waals surface area contributed by atoms with E-state index < -0.39 is 83.6 Å². The van der Waals surface area contributed by atoms with Crippen molar-refractivity contribution in [3.05, 3.63) is 78.4 Å². The van der Waals surface area contributed by atoms with Crippen molar-refractivity contribution in [2.75, 3.05) is 26.4 Å². The highest BCUT2D eigenvalue weighted by molar-refractivity contribution is 9.10. The minimum absolute atomic E-state index is 0.0740. The molecule has 308 valence electrons. The molecule has 2 N–H and O–H groups in total. The second-order valence-electron chi connectivity index (χ2n) is 12.5. The largest absolute Gasteiger partial charge is 0.459 e. The van der Waals surface area contributed by atoms with Crippen LogP contribution in [0, 0.1) is 5.41 Å². The number of halogens is 14. The predicted octanol–water partition coefficient (Wildman–Crippen LogP) is 9.91. The molecule has 2 aromatic carbocycles. The van der Waals surface area contributed by atoms with Gasteiger partial charge in [-0.25, -0.2) is 0 Å². The summed E-state index contributed by atoms with van der Waals surface area (Å²) in [6.45, 7) is -0.700. The van der Waals surface area contributed by atoms with Gasteiger partial charge < -0.3 is 19.7 Å². The maximum atomic E-state index is 13.5. The summed E-state index contributed by atoms with van der Waals surface area (Å²) in [6, 6.07) is 18.8. The average Bonchev–Trinajstić information content (AvgIpc) is 3.09. The van der Waals surface area contributed by atoms with E-state index in [0.29, 0.717) is 0 Å². The molecular weight excluding hydrogens is 892 g/mol. The molecule has 0 radical (unpaired) electrons. The number of esters is 2. The molecular formula is C34H38Br2F12O6. The van der Waals surface area contributed by atoms with Crippen LogP contribution in [0.2, 0.25) is 0 Å². The molecule has 54 heavy (non-hydrogen) atoms. The molecule has 0 saturated carbocycles. The zero-order valence-corrected chi connectivity index (χ0v) is 32.2. The van der Waals surface area contributed by atoms with Crippen molar-refractivity contribution in [3.8, 4) is 0 Å². The zero-order chi connectivity index (χ0) is 42.6. The van der Waals surface area contributed by atoms with Crippen LogP contribution in [0.25, 0.3) is 6.08 Å². The Bertz CT molecular complexity index is 1470. The first-order valence-electron chi connectivity index (χ1n) is 15.2. The molecule has 6 nitrogen and oxygen atoms in total. The Kier molecular flexibility index (Phi) is 18.8. The van der Waals surface area contributed by atoms with E-state index in [4.69, 9.17) is 10.2 Å². The molecule has 2 aromatic rings. The molecule has 20 heteroatoms. The highest BCUT2D eigenvalue weighted by Gasteiger charge is 2.72. The molecule has 1 atom stereocenters. The highest BCUT2D eigenvalue weighted by atomic mass is 79.9. The van der Waals surface area contributed by atoms with Gasteiger partial charge in [-0.3, -0.25) is 9.59 Å². The second kappa shape index (κ2) is 19.8. The van der Waals surface area contributed by atoms with E-state index in [-0.39, 0.29) is 11.2 Å². The third kappa shape index (κ3) is 14.0.